The standard InChI is InChI=1S/C9H17NO2/c1-7(6-11)9(12-3)8-4-5-10(8)2/h6-9H,4-5H2,1-3H3. The van der Waals surface area contributed by atoms with Crippen molar-refractivity contribution in [3.8, 4) is 0 Å². The summed E-state index contributed by atoms with van der Waals surface area (Å²) in [4.78, 5) is 12.8. The first-order chi connectivity index (χ1) is 5.70. The summed E-state index contributed by atoms with van der Waals surface area (Å²) in [7, 11) is 3.74. The van der Waals surface area contributed by atoms with Gasteiger partial charge < -0.3 is 14.4 Å². The molecule has 0 aromatic heterocycles. The van der Waals surface area contributed by atoms with E-state index in [2.05, 4.69) is 11.9 Å². The molecule has 0 aromatic rings. The van der Waals surface area contributed by atoms with Crippen LogP contribution in [0, 0.1) is 5.92 Å². The van der Waals surface area contributed by atoms with Crippen LogP contribution in [0.3, 0.4) is 0 Å². The van der Waals surface area contributed by atoms with E-state index in [1.807, 2.05) is 6.92 Å². The van der Waals surface area contributed by atoms with Gasteiger partial charge in [-0.05, 0) is 20.0 Å². The van der Waals surface area contributed by atoms with Crippen LogP contribution in [-0.2, 0) is 9.53 Å². The van der Waals surface area contributed by atoms with E-state index >= 15 is 0 Å². The van der Waals surface area contributed by atoms with Gasteiger partial charge in [-0.15, -0.1) is 0 Å². The number of hydrogen-bond donors (Lipinski definition) is 0. The minimum Gasteiger partial charge on any atom is -0.379 e. The van der Waals surface area contributed by atoms with Crippen LogP contribution >= 0.6 is 0 Å². The first-order valence-electron chi connectivity index (χ1n) is 4.39. The van der Waals surface area contributed by atoms with Crippen LogP contribution in [0.4, 0.5) is 0 Å². The molecular weight excluding hydrogens is 154 g/mol. The van der Waals surface area contributed by atoms with Crippen LogP contribution in [0.15, 0.2) is 0 Å². The van der Waals surface area contributed by atoms with Gasteiger partial charge in [-0.3, -0.25) is 0 Å². The SMILES string of the molecule is COC(C(C)C=O)C1CCN1C. The Labute approximate surface area is 73.7 Å². The van der Waals surface area contributed by atoms with E-state index in [0.717, 1.165) is 19.3 Å². The monoisotopic (exact) mass is 171 g/mol. The first-order valence-corrected chi connectivity index (χ1v) is 4.39. The summed E-state index contributed by atoms with van der Waals surface area (Å²) in [6.45, 7) is 3.03. The molecule has 1 heterocycles. The fourth-order valence-electron chi connectivity index (χ4n) is 1.75. The molecule has 1 rings (SSSR count). The number of nitrogens with zero attached hydrogens (tertiary/aromatic N) is 1. The van der Waals surface area contributed by atoms with Gasteiger partial charge in [0.15, 0.2) is 0 Å². The molecule has 12 heavy (non-hydrogen) atoms. The Morgan fingerprint density at radius 3 is 2.58 bits per heavy atom. The van der Waals surface area contributed by atoms with E-state index in [-0.39, 0.29) is 12.0 Å². The van der Waals surface area contributed by atoms with E-state index in [0.29, 0.717) is 6.04 Å². The van der Waals surface area contributed by atoms with E-state index in [1.54, 1.807) is 7.11 Å². The minimum atomic E-state index is 0.00255. The Morgan fingerprint density at radius 1 is 1.67 bits per heavy atom. The van der Waals surface area contributed by atoms with Crippen molar-refractivity contribution in [1.82, 2.24) is 4.90 Å². The van der Waals surface area contributed by atoms with Crippen molar-refractivity contribution in [3.63, 3.8) is 0 Å². The molecule has 0 N–H and O–H groups in total. The topological polar surface area (TPSA) is 29.5 Å². The molecule has 3 nitrogen and oxygen atoms in total. The zero-order valence-corrected chi connectivity index (χ0v) is 7.99. The molecule has 1 fully saturated rings. The molecule has 0 amide bonds. The summed E-state index contributed by atoms with van der Waals surface area (Å²) >= 11 is 0. The third-order valence-corrected chi connectivity index (χ3v) is 2.73. The Bertz CT molecular complexity index is 161. The summed E-state index contributed by atoms with van der Waals surface area (Å²) in [5.41, 5.74) is 0. The third-order valence-electron chi connectivity index (χ3n) is 2.73. The Balaban J connectivity index is 2.49. The van der Waals surface area contributed by atoms with Crippen molar-refractivity contribution in [1.29, 1.82) is 0 Å². The van der Waals surface area contributed by atoms with Gasteiger partial charge in [-0.2, -0.15) is 0 Å². The van der Waals surface area contributed by atoms with Crippen LogP contribution in [0.2, 0.25) is 0 Å². The average Bonchev–Trinajstić information content (AvgIpc) is 2.09. The van der Waals surface area contributed by atoms with E-state index in [9.17, 15) is 4.79 Å². The van der Waals surface area contributed by atoms with E-state index < -0.39 is 0 Å². The fourth-order valence-corrected chi connectivity index (χ4v) is 1.75. The van der Waals surface area contributed by atoms with Crippen LogP contribution < -0.4 is 0 Å². The van der Waals surface area contributed by atoms with Crippen molar-refractivity contribution in [3.05, 3.63) is 0 Å². The number of hydrogen-bond acceptors (Lipinski definition) is 3. The quantitative estimate of drug-likeness (QED) is 0.578. The zero-order valence-electron chi connectivity index (χ0n) is 7.99. The fraction of sp³-hybridized carbons (Fsp3) is 0.889. The van der Waals surface area contributed by atoms with Gasteiger partial charge in [0.1, 0.15) is 6.29 Å². The molecule has 0 spiro atoms. The number of likely N-dealkylation sites (N-methyl/N-ethyl adjacent to an activating group) is 1. The lowest BCUT2D eigenvalue weighted by Crippen LogP contribution is -2.54. The molecule has 0 aliphatic carbocycles. The second-order valence-corrected chi connectivity index (χ2v) is 3.53. The van der Waals surface area contributed by atoms with Crippen molar-refractivity contribution in [2.24, 2.45) is 5.92 Å². The molecule has 1 saturated heterocycles. The van der Waals surface area contributed by atoms with Gasteiger partial charge in [-0.25, -0.2) is 0 Å². The van der Waals surface area contributed by atoms with Crippen LogP contribution in [0.1, 0.15) is 13.3 Å². The molecular formula is C9H17NO2. The van der Waals surface area contributed by atoms with Gasteiger partial charge in [-0.1, -0.05) is 6.92 Å². The second kappa shape index (κ2) is 4.01. The zero-order chi connectivity index (χ0) is 9.14. The normalized spacial score (nSPS) is 29.1. The predicted octanol–water partition coefficient (Wildman–Crippen LogP) is 0.540. The highest BCUT2D eigenvalue weighted by Gasteiger charge is 2.35. The lowest BCUT2D eigenvalue weighted by Gasteiger charge is -2.43. The molecule has 3 heteroatoms. The smallest absolute Gasteiger partial charge is 0.125 e. The summed E-state index contributed by atoms with van der Waals surface area (Å²) in [6, 6.07) is 0.440. The summed E-state index contributed by atoms with van der Waals surface area (Å²) < 4.78 is 5.30. The van der Waals surface area contributed by atoms with Gasteiger partial charge in [0.25, 0.3) is 0 Å². The average molecular weight is 171 g/mol. The van der Waals surface area contributed by atoms with Gasteiger partial charge in [0.05, 0.1) is 6.10 Å². The van der Waals surface area contributed by atoms with Crippen LogP contribution in [-0.4, -0.2) is 44.0 Å². The third kappa shape index (κ3) is 1.67. The van der Waals surface area contributed by atoms with Crippen LogP contribution in [0.5, 0.6) is 0 Å². The van der Waals surface area contributed by atoms with Crippen molar-refractivity contribution < 1.29 is 9.53 Å². The van der Waals surface area contributed by atoms with Crippen molar-refractivity contribution >= 4 is 6.29 Å². The predicted molar refractivity (Wildman–Crippen MR) is 47.1 cm³/mol. The number of ether oxygens (including phenoxy) is 1. The van der Waals surface area contributed by atoms with Crippen molar-refractivity contribution in [2.75, 3.05) is 20.7 Å². The number of carbonyl (C=O) groups is 1. The van der Waals surface area contributed by atoms with E-state index in [4.69, 9.17) is 4.74 Å². The Kier molecular flexibility index (Phi) is 3.23. The van der Waals surface area contributed by atoms with Gasteiger partial charge >= 0.3 is 0 Å². The lowest BCUT2D eigenvalue weighted by atomic mass is 9.90. The molecule has 3 atom stereocenters. The largest absolute Gasteiger partial charge is 0.379 e. The number of rotatable bonds is 4. The molecule has 0 bridgehead atoms. The lowest BCUT2D eigenvalue weighted by molar-refractivity contribution is -0.119. The Morgan fingerprint density at radius 2 is 2.33 bits per heavy atom. The highest BCUT2D eigenvalue weighted by atomic mass is 16.5. The molecule has 0 radical (unpaired) electrons. The minimum absolute atomic E-state index is 0.00255. The van der Waals surface area contributed by atoms with Crippen molar-refractivity contribution in [2.45, 2.75) is 25.5 Å². The summed E-state index contributed by atoms with van der Waals surface area (Å²) in [5.74, 6) is 0.00255. The molecule has 1 aliphatic rings. The molecule has 0 aromatic carbocycles. The molecule has 3 unspecified atom stereocenters. The highest BCUT2D eigenvalue weighted by Crippen LogP contribution is 2.23. The summed E-state index contributed by atoms with van der Waals surface area (Å²) in [5, 5.41) is 0. The second-order valence-electron chi connectivity index (χ2n) is 3.53. The molecule has 1 aliphatic heterocycles. The maximum absolute atomic E-state index is 10.6. The maximum Gasteiger partial charge on any atom is 0.125 e. The maximum atomic E-state index is 10.6. The number of methoxy groups -OCH3 is 1. The summed E-state index contributed by atoms with van der Waals surface area (Å²) in [6.07, 6.45) is 2.19. The van der Waals surface area contributed by atoms with E-state index in [1.165, 1.54) is 0 Å². The highest BCUT2D eigenvalue weighted by molar-refractivity contribution is 5.54. The first kappa shape index (κ1) is 9.68. The number of aldehydes is 1. The van der Waals surface area contributed by atoms with Gasteiger partial charge in [0, 0.05) is 19.1 Å². The molecule has 0 saturated carbocycles. The number of likely N-dealkylation sites (tertiary alicyclic amines) is 1. The molecule has 70 valence electrons. The van der Waals surface area contributed by atoms with Gasteiger partial charge in [0.2, 0.25) is 0 Å². The number of carbonyl (C=O) groups excluding carboxylic acids is 1. The van der Waals surface area contributed by atoms with Crippen LogP contribution in [0.25, 0.3) is 0 Å². The Hall–Kier alpha value is -0.410.